The molecule has 0 aromatic carbocycles. The molecule has 0 fully saturated rings. The summed E-state index contributed by atoms with van der Waals surface area (Å²) in [6.07, 6.45) is 1.85. The van der Waals surface area contributed by atoms with Gasteiger partial charge in [0.2, 0.25) is 5.89 Å². The summed E-state index contributed by atoms with van der Waals surface area (Å²) in [6.45, 7) is 2.40. The Morgan fingerprint density at radius 3 is 2.85 bits per heavy atom. The Kier molecular flexibility index (Phi) is 3.99. The lowest BCUT2D eigenvalue weighted by Crippen LogP contribution is -2.00. The van der Waals surface area contributed by atoms with E-state index in [2.05, 4.69) is 52.4 Å². The van der Waals surface area contributed by atoms with Crippen LogP contribution in [-0.2, 0) is 6.54 Å². The highest BCUT2D eigenvalue weighted by Gasteiger charge is 2.12. The summed E-state index contributed by atoms with van der Waals surface area (Å²) >= 11 is 8.40. The fourth-order valence-corrected chi connectivity index (χ4v) is 3.07. The normalized spacial score (nSPS) is 12.8. The van der Waals surface area contributed by atoms with Gasteiger partial charge in [0.05, 0.1) is 25.4 Å². The van der Waals surface area contributed by atoms with Crippen LogP contribution in [0.2, 0.25) is 0 Å². The van der Waals surface area contributed by atoms with Crippen LogP contribution < -0.4 is 0 Å². The van der Waals surface area contributed by atoms with Crippen LogP contribution in [0.1, 0.15) is 23.3 Å². The Bertz CT molecular complexity index is 720. The molecule has 3 aromatic rings. The lowest BCUT2D eigenvalue weighted by Gasteiger charge is -1.94. The van der Waals surface area contributed by atoms with E-state index in [4.69, 9.17) is 4.42 Å². The number of rotatable bonds is 4. The van der Waals surface area contributed by atoms with Gasteiger partial charge in [-0.25, -0.2) is 4.68 Å². The van der Waals surface area contributed by atoms with Gasteiger partial charge < -0.3 is 4.42 Å². The zero-order valence-electron chi connectivity index (χ0n) is 10.3. The number of aromatic nitrogens is 5. The molecule has 0 amide bonds. The van der Waals surface area contributed by atoms with Crippen LogP contribution in [0.25, 0.3) is 10.8 Å². The van der Waals surface area contributed by atoms with Crippen molar-refractivity contribution in [2.75, 3.05) is 0 Å². The largest absolute Gasteiger partial charge is 0.418 e. The topological polar surface area (TPSA) is 69.6 Å². The van der Waals surface area contributed by atoms with E-state index in [1.54, 1.807) is 16.0 Å². The molecule has 1 unspecified atom stereocenters. The molecule has 0 saturated carbocycles. The molecule has 0 aliphatic heterocycles. The molecule has 9 heteroatoms. The van der Waals surface area contributed by atoms with Crippen LogP contribution in [0.5, 0.6) is 0 Å². The van der Waals surface area contributed by atoms with Crippen molar-refractivity contribution in [2.45, 2.75) is 18.3 Å². The first-order valence-electron chi connectivity index (χ1n) is 5.74. The highest BCUT2D eigenvalue weighted by Crippen LogP contribution is 2.30. The lowest BCUT2D eigenvalue weighted by atomic mass is 10.4. The van der Waals surface area contributed by atoms with Gasteiger partial charge in [-0.15, -0.1) is 26.6 Å². The number of hydrogen-bond acceptors (Lipinski definition) is 6. The molecule has 0 aliphatic carbocycles. The Morgan fingerprint density at radius 1 is 1.35 bits per heavy atom. The molecule has 0 radical (unpaired) electrons. The summed E-state index contributed by atoms with van der Waals surface area (Å²) in [5.41, 5.74) is 0.868. The van der Waals surface area contributed by atoms with Gasteiger partial charge in [-0.3, -0.25) is 0 Å². The van der Waals surface area contributed by atoms with Gasteiger partial charge in [-0.2, -0.15) is 0 Å². The standard InChI is InChI=1S/C11H9Br2N5OS/c1-6(12)7-4-18(17-14-7)5-10-15-16-11(19-10)8-2-3-9(13)20-8/h2-4,6H,5H2,1H3. The van der Waals surface area contributed by atoms with Crippen molar-refractivity contribution in [1.82, 2.24) is 25.2 Å². The molecular weight excluding hydrogens is 410 g/mol. The van der Waals surface area contributed by atoms with E-state index in [0.29, 0.717) is 18.3 Å². The van der Waals surface area contributed by atoms with Crippen LogP contribution in [-0.4, -0.2) is 25.2 Å². The first-order valence-corrected chi connectivity index (χ1v) is 8.26. The second-order valence-electron chi connectivity index (χ2n) is 4.06. The number of thiophene rings is 1. The average Bonchev–Trinajstić information content (AvgIpc) is 3.09. The van der Waals surface area contributed by atoms with Crippen molar-refractivity contribution in [3.05, 3.63) is 33.7 Å². The molecule has 0 N–H and O–H groups in total. The van der Waals surface area contributed by atoms with Crippen molar-refractivity contribution >= 4 is 43.2 Å². The fourth-order valence-electron chi connectivity index (χ4n) is 1.56. The monoisotopic (exact) mass is 417 g/mol. The van der Waals surface area contributed by atoms with E-state index in [0.717, 1.165) is 14.4 Å². The van der Waals surface area contributed by atoms with Gasteiger partial charge in [0.15, 0.2) is 0 Å². The molecule has 0 bridgehead atoms. The van der Waals surface area contributed by atoms with E-state index < -0.39 is 0 Å². The van der Waals surface area contributed by atoms with Crippen LogP contribution in [0, 0.1) is 0 Å². The third kappa shape index (κ3) is 2.99. The maximum absolute atomic E-state index is 5.62. The molecule has 0 saturated heterocycles. The summed E-state index contributed by atoms with van der Waals surface area (Å²) in [5, 5.41) is 16.1. The summed E-state index contributed by atoms with van der Waals surface area (Å²) in [4.78, 5) is 1.10. The number of halogens is 2. The Morgan fingerprint density at radius 2 is 2.20 bits per heavy atom. The van der Waals surface area contributed by atoms with Crippen molar-refractivity contribution in [3.8, 4) is 10.8 Å². The molecule has 3 aromatic heterocycles. The van der Waals surface area contributed by atoms with Crippen molar-refractivity contribution in [1.29, 1.82) is 0 Å². The molecule has 1 atom stereocenters. The lowest BCUT2D eigenvalue weighted by molar-refractivity contribution is 0.470. The predicted octanol–water partition coefficient (Wildman–Crippen LogP) is 3.66. The second-order valence-corrected chi connectivity index (χ2v) is 7.90. The smallest absolute Gasteiger partial charge is 0.257 e. The van der Waals surface area contributed by atoms with Gasteiger partial charge in [-0.05, 0) is 35.0 Å². The van der Waals surface area contributed by atoms with E-state index >= 15 is 0 Å². The van der Waals surface area contributed by atoms with Crippen LogP contribution in [0.4, 0.5) is 0 Å². The summed E-state index contributed by atoms with van der Waals surface area (Å²) in [5.74, 6) is 1.02. The van der Waals surface area contributed by atoms with Gasteiger partial charge in [-0.1, -0.05) is 21.1 Å². The Hall–Kier alpha value is -1.06. The minimum absolute atomic E-state index is 0.165. The molecule has 20 heavy (non-hydrogen) atoms. The zero-order chi connectivity index (χ0) is 14.1. The van der Waals surface area contributed by atoms with Crippen molar-refractivity contribution in [2.24, 2.45) is 0 Å². The van der Waals surface area contributed by atoms with Crippen LogP contribution >= 0.6 is 43.2 Å². The van der Waals surface area contributed by atoms with Gasteiger partial charge in [0, 0.05) is 0 Å². The first kappa shape index (κ1) is 13.9. The average molecular weight is 419 g/mol. The van der Waals surface area contributed by atoms with Crippen LogP contribution in [0.15, 0.2) is 26.5 Å². The van der Waals surface area contributed by atoms with E-state index in [1.165, 1.54) is 0 Å². The second kappa shape index (κ2) is 5.74. The van der Waals surface area contributed by atoms with Gasteiger partial charge in [0.1, 0.15) is 6.54 Å². The highest BCUT2D eigenvalue weighted by molar-refractivity contribution is 9.11. The molecule has 0 spiro atoms. The molecule has 0 aliphatic rings. The molecule has 3 rings (SSSR count). The van der Waals surface area contributed by atoms with Crippen molar-refractivity contribution < 1.29 is 4.42 Å². The maximum Gasteiger partial charge on any atom is 0.257 e. The Labute approximate surface area is 135 Å². The Balaban J connectivity index is 1.76. The molecule has 104 valence electrons. The third-order valence-electron chi connectivity index (χ3n) is 2.51. The van der Waals surface area contributed by atoms with E-state index in [-0.39, 0.29) is 4.83 Å². The minimum atomic E-state index is 0.165. The number of nitrogens with zero attached hydrogens (tertiary/aromatic N) is 5. The van der Waals surface area contributed by atoms with Crippen LogP contribution in [0.3, 0.4) is 0 Å². The quantitative estimate of drug-likeness (QED) is 0.604. The van der Waals surface area contributed by atoms with E-state index in [9.17, 15) is 0 Å². The number of alkyl halides is 1. The summed E-state index contributed by atoms with van der Waals surface area (Å²) in [7, 11) is 0. The van der Waals surface area contributed by atoms with Gasteiger partial charge in [0.25, 0.3) is 5.89 Å². The summed E-state index contributed by atoms with van der Waals surface area (Å²) in [6, 6.07) is 3.89. The zero-order valence-corrected chi connectivity index (χ0v) is 14.3. The molecule has 6 nitrogen and oxygen atoms in total. The fraction of sp³-hybridized carbons (Fsp3) is 0.273. The van der Waals surface area contributed by atoms with Crippen molar-refractivity contribution in [3.63, 3.8) is 0 Å². The molecule has 3 heterocycles. The number of hydrogen-bond donors (Lipinski definition) is 0. The van der Waals surface area contributed by atoms with Gasteiger partial charge >= 0.3 is 0 Å². The first-order chi connectivity index (χ1) is 9.61. The van der Waals surface area contributed by atoms with E-state index in [1.807, 2.05) is 25.3 Å². The SMILES string of the molecule is CC(Br)c1cn(Cc2nnc(-c3ccc(Br)s3)o2)nn1. The molecular formula is C11H9Br2N5OS. The summed E-state index contributed by atoms with van der Waals surface area (Å²) < 4.78 is 8.33. The third-order valence-corrected chi connectivity index (χ3v) is 4.59. The minimum Gasteiger partial charge on any atom is -0.418 e. The maximum atomic E-state index is 5.62. The predicted molar refractivity (Wildman–Crippen MR) is 81.8 cm³/mol. The highest BCUT2D eigenvalue weighted by atomic mass is 79.9.